The standard InChI is InChI=1S/C8H13P/c1-7-5-9(3,4)6-8(7)2/h5H,1-4H3. The van der Waals surface area contributed by atoms with Crippen molar-refractivity contribution in [3.63, 3.8) is 0 Å². The maximum Gasteiger partial charge on any atom is -0.00634 e. The molecule has 1 aliphatic rings. The molecule has 1 heterocycles. The quantitative estimate of drug-likeness (QED) is 0.453. The second-order valence-electron chi connectivity index (χ2n) is 3.09. The van der Waals surface area contributed by atoms with Crippen molar-refractivity contribution in [3.8, 4) is 0 Å². The molecule has 0 aromatic rings. The third-order valence-corrected chi connectivity index (χ3v) is 3.51. The first-order chi connectivity index (χ1) is 4.01. The van der Waals surface area contributed by atoms with Gasteiger partial charge in [-0.2, -0.15) is 0 Å². The molecule has 1 rings (SSSR count). The van der Waals surface area contributed by atoms with E-state index in [0.29, 0.717) is 0 Å². The van der Waals surface area contributed by atoms with E-state index in [2.05, 4.69) is 38.4 Å². The van der Waals surface area contributed by atoms with Crippen LogP contribution in [0.2, 0.25) is 0 Å². The van der Waals surface area contributed by atoms with Crippen molar-refractivity contribution in [1.29, 1.82) is 0 Å². The summed E-state index contributed by atoms with van der Waals surface area (Å²) in [6.45, 7) is 8.02. The van der Waals surface area contributed by atoms with E-state index in [1.807, 2.05) is 0 Å². The van der Waals surface area contributed by atoms with E-state index in [4.69, 9.17) is 0 Å². The number of hydrogen-bond donors (Lipinski definition) is 0. The first-order valence-electron chi connectivity index (χ1n) is 3.16. The normalized spacial score (nSPS) is 22.7. The molecule has 0 spiro atoms. The number of allylic oxidation sites excluding steroid dienone is 2. The molecule has 1 aliphatic heterocycles. The van der Waals surface area contributed by atoms with Crippen molar-refractivity contribution in [3.05, 3.63) is 17.0 Å². The summed E-state index contributed by atoms with van der Waals surface area (Å²) in [5.41, 5.74) is 6.26. The second-order valence-corrected chi connectivity index (χ2v) is 6.65. The molecule has 0 fully saturated rings. The molecule has 0 atom stereocenters. The van der Waals surface area contributed by atoms with Crippen LogP contribution in [0.3, 0.4) is 0 Å². The minimum Gasteiger partial charge on any atom is -0.120 e. The largest absolute Gasteiger partial charge is 0.120 e. The number of rotatable bonds is 0. The third-order valence-electron chi connectivity index (χ3n) is 1.56. The molecule has 0 aromatic heterocycles. The van der Waals surface area contributed by atoms with Crippen LogP contribution >= 0.6 is 6.89 Å². The lowest BCUT2D eigenvalue weighted by atomic mass is 10.2. The Bertz CT molecular complexity index is 244. The minimum atomic E-state index is -0.855. The Morgan fingerprint density at radius 3 is 2.00 bits per heavy atom. The molecule has 9 heavy (non-hydrogen) atoms. The summed E-state index contributed by atoms with van der Waals surface area (Å²) >= 11 is 0. The fraction of sp³-hybridized carbons (Fsp3) is 0.500. The van der Waals surface area contributed by atoms with E-state index in [1.54, 1.807) is 0 Å². The first kappa shape index (κ1) is 6.93. The van der Waals surface area contributed by atoms with Crippen molar-refractivity contribution in [1.82, 2.24) is 0 Å². The van der Waals surface area contributed by atoms with E-state index in [9.17, 15) is 0 Å². The summed E-state index contributed by atoms with van der Waals surface area (Å²) in [6, 6.07) is 0. The summed E-state index contributed by atoms with van der Waals surface area (Å²) in [5.74, 6) is 2.36. The monoisotopic (exact) mass is 140 g/mol. The fourth-order valence-corrected chi connectivity index (χ4v) is 3.40. The van der Waals surface area contributed by atoms with Gasteiger partial charge in [-0.1, -0.05) is 5.82 Å². The average Bonchev–Trinajstić information content (AvgIpc) is 1.79. The molecule has 0 nitrogen and oxygen atoms in total. The lowest BCUT2D eigenvalue weighted by molar-refractivity contribution is 1.41. The summed E-state index contributed by atoms with van der Waals surface area (Å²) in [6.07, 6.45) is 0. The van der Waals surface area contributed by atoms with Crippen LogP contribution < -0.4 is 0 Å². The van der Waals surface area contributed by atoms with Crippen molar-refractivity contribution in [2.45, 2.75) is 13.8 Å². The van der Waals surface area contributed by atoms with Gasteiger partial charge in [-0.15, -0.1) is 5.45 Å². The van der Waals surface area contributed by atoms with E-state index >= 15 is 0 Å². The first-order valence-corrected chi connectivity index (χ1v) is 5.92. The van der Waals surface area contributed by atoms with Gasteiger partial charge >= 0.3 is 0 Å². The van der Waals surface area contributed by atoms with E-state index in [0.717, 1.165) is 0 Å². The van der Waals surface area contributed by atoms with E-state index in [1.165, 1.54) is 11.1 Å². The van der Waals surface area contributed by atoms with Crippen molar-refractivity contribution < 1.29 is 0 Å². The van der Waals surface area contributed by atoms with Crippen LogP contribution in [0.1, 0.15) is 13.8 Å². The molecule has 1 heteroatoms. The molecule has 0 saturated heterocycles. The van der Waals surface area contributed by atoms with Crippen LogP contribution in [-0.2, 0) is 0 Å². The number of hydrogen-bond acceptors (Lipinski definition) is 0. The van der Waals surface area contributed by atoms with Crippen LogP contribution in [0.5, 0.6) is 0 Å². The molecular formula is C8H13P. The van der Waals surface area contributed by atoms with E-state index in [-0.39, 0.29) is 0 Å². The molecule has 0 saturated carbocycles. The molecule has 0 unspecified atom stereocenters. The molecule has 0 aromatic carbocycles. The summed E-state index contributed by atoms with van der Waals surface area (Å²) in [5, 5.41) is 0. The maximum atomic E-state index is 3.48. The molecule has 0 aliphatic carbocycles. The smallest absolute Gasteiger partial charge is 0.00634 e. The fourth-order valence-electron chi connectivity index (χ4n) is 1.13. The molecule has 0 bridgehead atoms. The minimum absolute atomic E-state index is 0.855. The van der Waals surface area contributed by atoms with Crippen LogP contribution in [0.4, 0.5) is 0 Å². The second kappa shape index (κ2) is 1.90. The van der Waals surface area contributed by atoms with Crippen LogP contribution in [0.15, 0.2) is 17.0 Å². The molecule has 0 N–H and O–H groups in total. The van der Waals surface area contributed by atoms with Gasteiger partial charge in [0.1, 0.15) is 0 Å². The van der Waals surface area contributed by atoms with E-state index < -0.39 is 6.89 Å². The van der Waals surface area contributed by atoms with Crippen molar-refractivity contribution >= 4 is 12.3 Å². The third kappa shape index (κ3) is 1.39. The van der Waals surface area contributed by atoms with Gasteiger partial charge in [0.2, 0.25) is 0 Å². The summed E-state index contributed by atoms with van der Waals surface area (Å²) < 4.78 is 0. The SMILES string of the molecule is CC1=C=P(C)(C)C=C1C. The Morgan fingerprint density at radius 2 is 1.89 bits per heavy atom. The van der Waals surface area contributed by atoms with Gasteiger partial charge in [-0.3, -0.25) is 0 Å². The lowest BCUT2D eigenvalue weighted by Crippen LogP contribution is -1.70. The summed E-state index contributed by atoms with van der Waals surface area (Å²) in [7, 11) is 0. The zero-order valence-corrected chi connectivity index (χ0v) is 7.42. The highest BCUT2D eigenvalue weighted by Crippen LogP contribution is 2.44. The molecular weight excluding hydrogens is 127 g/mol. The average molecular weight is 140 g/mol. The Kier molecular flexibility index (Phi) is 1.47. The molecule has 0 amide bonds. The predicted molar refractivity (Wildman–Crippen MR) is 46.7 cm³/mol. The van der Waals surface area contributed by atoms with Crippen molar-refractivity contribution in [2.75, 3.05) is 13.3 Å². The highest BCUT2D eigenvalue weighted by atomic mass is 31.2. The molecule has 50 valence electrons. The predicted octanol–water partition coefficient (Wildman–Crippen LogP) is 2.53. The van der Waals surface area contributed by atoms with Crippen LogP contribution in [0, 0.1) is 0 Å². The Labute approximate surface area is 57.3 Å². The summed E-state index contributed by atoms with van der Waals surface area (Å²) in [4.78, 5) is 0. The van der Waals surface area contributed by atoms with Crippen LogP contribution in [0.25, 0.3) is 0 Å². The van der Waals surface area contributed by atoms with Crippen LogP contribution in [-0.4, -0.2) is 18.8 Å². The van der Waals surface area contributed by atoms with Gasteiger partial charge in [0.25, 0.3) is 0 Å². The zero-order valence-electron chi connectivity index (χ0n) is 6.52. The highest BCUT2D eigenvalue weighted by molar-refractivity contribution is 7.76. The van der Waals surface area contributed by atoms with Gasteiger partial charge in [-0.05, 0) is 45.2 Å². The van der Waals surface area contributed by atoms with Crippen molar-refractivity contribution in [2.24, 2.45) is 0 Å². The Hall–Kier alpha value is -0.180. The Morgan fingerprint density at radius 1 is 1.33 bits per heavy atom. The van der Waals surface area contributed by atoms with Gasteiger partial charge in [0, 0.05) is 0 Å². The van der Waals surface area contributed by atoms with Gasteiger partial charge < -0.3 is 0 Å². The lowest BCUT2D eigenvalue weighted by Gasteiger charge is -1.98. The zero-order chi connectivity index (χ0) is 7.07. The maximum absolute atomic E-state index is 3.48. The van der Waals surface area contributed by atoms with Gasteiger partial charge in [0.05, 0.1) is 0 Å². The Balaban J connectivity index is 3.24. The molecule has 0 radical (unpaired) electrons. The van der Waals surface area contributed by atoms with Gasteiger partial charge in [0.15, 0.2) is 0 Å². The van der Waals surface area contributed by atoms with Gasteiger partial charge in [-0.25, -0.2) is 0 Å². The topological polar surface area (TPSA) is 0 Å². The highest BCUT2D eigenvalue weighted by Gasteiger charge is 2.06.